The lowest BCUT2D eigenvalue weighted by molar-refractivity contribution is -0.136. The van der Waals surface area contributed by atoms with Crippen molar-refractivity contribution in [1.29, 1.82) is 0 Å². The SMILES string of the molecule is CCC(=O)N(CC(=O)NCC(=O)Nc1ccc(OC)cc1)Cc1ccc(F)cc1. The maximum absolute atomic E-state index is 13.0. The van der Waals surface area contributed by atoms with Gasteiger partial charge in [-0.25, -0.2) is 4.39 Å². The fraction of sp³-hybridized carbons (Fsp3) is 0.286. The summed E-state index contributed by atoms with van der Waals surface area (Å²) in [6.45, 7) is 1.45. The van der Waals surface area contributed by atoms with E-state index in [4.69, 9.17) is 4.74 Å². The molecule has 0 aliphatic carbocycles. The quantitative estimate of drug-likeness (QED) is 0.675. The highest BCUT2D eigenvalue weighted by atomic mass is 19.1. The van der Waals surface area contributed by atoms with E-state index < -0.39 is 11.8 Å². The van der Waals surface area contributed by atoms with Crippen molar-refractivity contribution in [2.24, 2.45) is 0 Å². The summed E-state index contributed by atoms with van der Waals surface area (Å²) in [5.41, 5.74) is 1.28. The van der Waals surface area contributed by atoms with Gasteiger partial charge in [0.25, 0.3) is 0 Å². The first-order valence-corrected chi connectivity index (χ1v) is 9.14. The molecule has 3 amide bonds. The number of hydrogen-bond acceptors (Lipinski definition) is 4. The van der Waals surface area contributed by atoms with E-state index in [2.05, 4.69) is 10.6 Å². The highest BCUT2D eigenvalue weighted by molar-refractivity contribution is 5.95. The van der Waals surface area contributed by atoms with Crippen LogP contribution in [-0.4, -0.2) is 42.8 Å². The van der Waals surface area contributed by atoms with Crippen molar-refractivity contribution in [3.63, 3.8) is 0 Å². The van der Waals surface area contributed by atoms with Crippen LogP contribution >= 0.6 is 0 Å². The van der Waals surface area contributed by atoms with Crippen LogP contribution in [0.2, 0.25) is 0 Å². The Balaban J connectivity index is 1.85. The lowest BCUT2D eigenvalue weighted by atomic mass is 10.2. The highest BCUT2D eigenvalue weighted by Crippen LogP contribution is 2.14. The molecule has 2 aromatic rings. The average molecular weight is 401 g/mol. The van der Waals surface area contributed by atoms with E-state index in [1.807, 2.05) is 0 Å². The molecule has 0 spiro atoms. The van der Waals surface area contributed by atoms with E-state index >= 15 is 0 Å². The highest BCUT2D eigenvalue weighted by Gasteiger charge is 2.17. The van der Waals surface area contributed by atoms with Gasteiger partial charge in [0.2, 0.25) is 17.7 Å². The molecule has 0 radical (unpaired) electrons. The number of nitrogens with one attached hydrogen (secondary N) is 2. The molecule has 29 heavy (non-hydrogen) atoms. The van der Waals surface area contributed by atoms with Crippen molar-refractivity contribution in [3.8, 4) is 5.75 Å². The van der Waals surface area contributed by atoms with Gasteiger partial charge < -0.3 is 20.3 Å². The smallest absolute Gasteiger partial charge is 0.243 e. The molecule has 154 valence electrons. The number of ether oxygens (including phenoxy) is 1. The number of carbonyl (C=O) groups excluding carboxylic acids is 3. The molecule has 0 heterocycles. The summed E-state index contributed by atoms with van der Waals surface area (Å²) < 4.78 is 18.1. The summed E-state index contributed by atoms with van der Waals surface area (Å²) in [5.74, 6) is -0.776. The van der Waals surface area contributed by atoms with Gasteiger partial charge in [-0.2, -0.15) is 0 Å². The van der Waals surface area contributed by atoms with Gasteiger partial charge in [-0.3, -0.25) is 14.4 Å². The Bertz CT molecular complexity index is 838. The standard InChI is InChI=1S/C21H24FN3O4/c1-3-21(28)25(13-15-4-6-16(22)7-5-15)14-20(27)23-12-19(26)24-17-8-10-18(29-2)11-9-17/h4-11H,3,12-14H2,1-2H3,(H,23,27)(H,24,26). The van der Waals surface area contributed by atoms with E-state index in [9.17, 15) is 18.8 Å². The zero-order chi connectivity index (χ0) is 21.2. The van der Waals surface area contributed by atoms with Gasteiger partial charge in [-0.15, -0.1) is 0 Å². The van der Waals surface area contributed by atoms with Gasteiger partial charge in [0, 0.05) is 18.7 Å². The molecule has 2 N–H and O–H groups in total. The maximum Gasteiger partial charge on any atom is 0.243 e. The number of carbonyl (C=O) groups is 3. The average Bonchev–Trinajstić information content (AvgIpc) is 2.73. The van der Waals surface area contributed by atoms with Gasteiger partial charge >= 0.3 is 0 Å². The van der Waals surface area contributed by atoms with Gasteiger partial charge in [0.1, 0.15) is 11.6 Å². The summed E-state index contributed by atoms with van der Waals surface area (Å²) in [6.07, 6.45) is 0.229. The largest absolute Gasteiger partial charge is 0.497 e. The van der Waals surface area contributed by atoms with Crippen molar-refractivity contribution >= 4 is 23.4 Å². The van der Waals surface area contributed by atoms with Crippen molar-refractivity contribution in [2.45, 2.75) is 19.9 Å². The molecule has 0 saturated carbocycles. The number of nitrogens with zero attached hydrogens (tertiary/aromatic N) is 1. The van der Waals surface area contributed by atoms with E-state index in [1.54, 1.807) is 50.4 Å². The molecule has 2 aromatic carbocycles. The number of halogens is 1. The second kappa shape index (κ2) is 10.8. The minimum absolute atomic E-state index is 0.179. The molecule has 0 bridgehead atoms. The third-order valence-electron chi connectivity index (χ3n) is 4.10. The van der Waals surface area contributed by atoms with Crippen LogP contribution in [0.25, 0.3) is 0 Å². The molecule has 0 aliphatic heterocycles. The summed E-state index contributed by atoms with van der Waals surface area (Å²) in [5, 5.41) is 5.16. The summed E-state index contributed by atoms with van der Waals surface area (Å²) >= 11 is 0. The van der Waals surface area contributed by atoms with Crippen LogP contribution in [-0.2, 0) is 20.9 Å². The number of anilines is 1. The Morgan fingerprint density at radius 3 is 2.24 bits per heavy atom. The molecular formula is C21H24FN3O4. The fourth-order valence-electron chi connectivity index (χ4n) is 2.55. The van der Waals surface area contributed by atoms with Gasteiger partial charge in [0.05, 0.1) is 20.2 Å². The third-order valence-corrected chi connectivity index (χ3v) is 4.10. The molecular weight excluding hydrogens is 377 g/mol. The second-order valence-electron chi connectivity index (χ2n) is 6.28. The number of methoxy groups -OCH3 is 1. The minimum Gasteiger partial charge on any atom is -0.497 e. The van der Waals surface area contributed by atoms with Crippen LogP contribution in [0.4, 0.5) is 10.1 Å². The molecule has 8 heteroatoms. The Kier molecular flexibility index (Phi) is 8.14. The molecule has 0 atom stereocenters. The predicted molar refractivity (Wildman–Crippen MR) is 107 cm³/mol. The number of rotatable bonds is 9. The molecule has 0 aliphatic rings. The van der Waals surface area contributed by atoms with Crippen LogP contribution < -0.4 is 15.4 Å². The van der Waals surface area contributed by atoms with E-state index in [0.29, 0.717) is 17.0 Å². The maximum atomic E-state index is 13.0. The number of benzene rings is 2. The Hall–Kier alpha value is -3.42. The van der Waals surface area contributed by atoms with Crippen molar-refractivity contribution in [1.82, 2.24) is 10.2 Å². The van der Waals surface area contributed by atoms with Crippen molar-refractivity contribution in [3.05, 3.63) is 59.9 Å². The molecule has 7 nitrogen and oxygen atoms in total. The Morgan fingerprint density at radius 1 is 1.00 bits per heavy atom. The third kappa shape index (κ3) is 7.25. The lowest BCUT2D eigenvalue weighted by Gasteiger charge is -2.22. The zero-order valence-electron chi connectivity index (χ0n) is 16.4. The van der Waals surface area contributed by atoms with Crippen LogP contribution in [0.1, 0.15) is 18.9 Å². The first kappa shape index (κ1) is 21.9. The van der Waals surface area contributed by atoms with E-state index in [0.717, 1.165) is 0 Å². The van der Waals surface area contributed by atoms with Crippen molar-refractivity contribution in [2.75, 3.05) is 25.5 Å². The molecule has 0 aromatic heterocycles. The summed E-state index contributed by atoms with van der Waals surface area (Å²) in [4.78, 5) is 37.7. The van der Waals surface area contributed by atoms with Crippen LogP contribution in [0, 0.1) is 5.82 Å². The zero-order valence-corrected chi connectivity index (χ0v) is 16.4. The number of hydrogen-bond donors (Lipinski definition) is 2. The predicted octanol–water partition coefficient (Wildman–Crippen LogP) is 2.33. The van der Waals surface area contributed by atoms with E-state index in [-0.39, 0.29) is 37.8 Å². The Morgan fingerprint density at radius 2 is 1.66 bits per heavy atom. The van der Waals surface area contributed by atoms with Gasteiger partial charge in [0.15, 0.2) is 0 Å². The van der Waals surface area contributed by atoms with E-state index in [1.165, 1.54) is 17.0 Å². The number of amides is 3. The molecule has 2 rings (SSSR count). The molecule has 0 unspecified atom stereocenters. The summed E-state index contributed by atoms with van der Waals surface area (Å²) in [6, 6.07) is 12.5. The summed E-state index contributed by atoms with van der Waals surface area (Å²) in [7, 11) is 1.55. The first-order chi connectivity index (χ1) is 13.9. The second-order valence-corrected chi connectivity index (χ2v) is 6.28. The lowest BCUT2D eigenvalue weighted by Crippen LogP contribution is -2.42. The minimum atomic E-state index is -0.459. The van der Waals surface area contributed by atoms with Crippen molar-refractivity contribution < 1.29 is 23.5 Å². The van der Waals surface area contributed by atoms with Crippen LogP contribution in [0.15, 0.2) is 48.5 Å². The Labute approximate surface area is 168 Å². The first-order valence-electron chi connectivity index (χ1n) is 9.14. The van der Waals surface area contributed by atoms with Crippen LogP contribution in [0.3, 0.4) is 0 Å². The topological polar surface area (TPSA) is 87.7 Å². The molecule has 0 fully saturated rings. The monoisotopic (exact) mass is 401 g/mol. The fourth-order valence-corrected chi connectivity index (χ4v) is 2.55. The normalized spacial score (nSPS) is 10.2. The van der Waals surface area contributed by atoms with Gasteiger partial charge in [-0.05, 0) is 42.0 Å². The van der Waals surface area contributed by atoms with Crippen LogP contribution in [0.5, 0.6) is 5.75 Å². The molecule has 0 saturated heterocycles. The van der Waals surface area contributed by atoms with Gasteiger partial charge in [-0.1, -0.05) is 19.1 Å².